The molecule has 0 aliphatic rings. The first-order valence-electron chi connectivity index (χ1n) is 5.11. The van der Waals surface area contributed by atoms with Crippen molar-refractivity contribution in [2.75, 3.05) is 6.54 Å². The third-order valence-electron chi connectivity index (χ3n) is 2.41. The Hall–Kier alpha value is -0.800. The van der Waals surface area contributed by atoms with Gasteiger partial charge in [-0.3, -0.25) is 0 Å². The van der Waals surface area contributed by atoms with Crippen molar-refractivity contribution in [1.29, 1.82) is 0 Å². The molecule has 0 spiro atoms. The van der Waals surface area contributed by atoms with Gasteiger partial charge in [0.2, 0.25) is 0 Å². The minimum absolute atomic E-state index is 0.380. The first-order chi connectivity index (χ1) is 6.63. The lowest BCUT2D eigenvalue weighted by atomic mass is 10.0. The second kappa shape index (κ2) is 5.17. The summed E-state index contributed by atoms with van der Waals surface area (Å²) >= 11 is 0. The lowest BCUT2D eigenvalue weighted by molar-refractivity contribution is 0.404. The molecule has 0 saturated heterocycles. The van der Waals surface area contributed by atoms with Gasteiger partial charge in [0.1, 0.15) is 5.76 Å². The predicted octanol–water partition coefficient (Wildman–Crippen LogP) is 1.66. The molecule has 1 unspecified atom stereocenters. The Labute approximate surface area is 85.7 Å². The Morgan fingerprint density at radius 1 is 1.50 bits per heavy atom. The fourth-order valence-electron chi connectivity index (χ4n) is 1.43. The van der Waals surface area contributed by atoms with E-state index < -0.39 is 0 Å². The largest absolute Gasteiger partial charge is 0.469 e. The fourth-order valence-corrected chi connectivity index (χ4v) is 1.43. The average molecular weight is 196 g/mol. The van der Waals surface area contributed by atoms with Crippen LogP contribution in [0.2, 0.25) is 0 Å². The highest BCUT2D eigenvalue weighted by molar-refractivity contribution is 5.11. The highest BCUT2D eigenvalue weighted by Crippen LogP contribution is 2.07. The van der Waals surface area contributed by atoms with Crippen LogP contribution in [0.15, 0.2) is 16.7 Å². The second-order valence-electron chi connectivity index (χ2n) is 4.03. The number of hydrogen-bond donors (Lipinski definition) is 2. The summed E-state index contributed by atoms with van der Waals surface area (Å²) < 4.78 is 5.22. The zero-order valence-corrected chi connectivity index (χ0v) is 9.21. The Morgan fingerprint density at radius 3 is 2.64 bits per heavy atom. The zero-order chi connectivity index (χ0) is 10.6. The number of furan rings is 1. The summed E-state index contributed by atoms with van der Waals surface area (Å²) in [5.41, 5.74) is 6.84. The minimum atomic E-state index is 0.380. The van der Waals surface area contributed by atoms with Crippen molar-refractivity contribution in [2.45, 2.75) is 33.4 Å². The van der Waals surface area contributed by atoms with E-state index in [1.54, 1.807) is 6.26 Å². The van der Waals surface area contributed by atoms with E-state index in [0.29, 0.717) is 18.5 Å². The van der Waals surface area contributed by atoms with Gasteiger partial charge in [-0.15, -0.1) is 0 Å². The van der Waals surface area contributed by atoms with Gasteiger partial charge in [0.15, 0.2) is 0 Å². The van der Waals surface area contributed by atoms with Crippen molar-refractivity contribution in [3.63, 3.8) is 0 Å². The standard InChI is InChI=1S/C11H20N2O/c1-8(2)11(5-12)13-6-10-4-9(3)14-7-10/h4,7-8,11,13H,5-6,12H2,1-3H3. The average Bonchev–Trinajstić information content (AvgIpc) is 2.52. The second-order valence-corrected chi connectivity index (χ2v) is 4.03. The lowest BCUT2D eigenvalue weighted by Gasteiger charge is -2.19. The monoisotopic (exact) mass is 196 g/mol. The van der Waals surface area contributed by atoms with Crippen LogP contribution >= 0.6 is 0 Å². The van der Waals surface area contributed by atoms with E-state index in [0.717, 1.165) is 12.3 Å². The lowest BCUT2D eigenvalue weighted by Crippen LogP contribution is -2.39. The van der Waals surface area contributed by atoms with E-state index in [1.165, 1.54) is 5.56 Å². The number of nitrogens with two attached hydrogens (primary N) is 1. The van der Waals surface area contributed by atoms with Gasteiger partial charge in [-0.25, -0.2) is 0 Å². The molecule has 0 aliphatic heterocycles. The van der Waals surface area contributed by atoms with E-state index in [9.17, 15) is 0 Å². The first kappa shape index (κ1) is 11.3. The maximum atomic E-state index is 5.66. The van der Waals surface area contributed by atoms with E-state index in [2.05, 4.69) is 19.2 Å². The van der Waals surface area contributed by atoms with Crippen LogP contribution in [0.1, 0.15) is 25.2 Å². The van der Waals surface area contributed by atoms with Gasteiger partial charge >= 0.3 is 0 Å². The third kappa shape index (κ3) is 3.16. The molecule has 1 atom stereocenters. The van der Waals surface area contributed by atoms with Gasteiger partial charge in [0.05, 0.1) is 6.26 Å². The highest BCUT2D eigenvalue weighted by atomic mass is 16.3. The van der Waals surface area contributed by atoms with E-state index in [4.69, 9.17) is 10.2 Å². The van der Waals surface area contributed by atoms with Gasteiger partial charge in [-0.1, -0.05) is 13.8 Å². The molecule has 0 bridgehead atoms. The van der Waals surface area contributed by atoms with Crippen LogP contribution < -0.4 is 11.1 Å². The van der Waals surface area contributed by atoms with Crippen LogP contribution in [0.3, 0.4) is 0 Å². The van der Waals surface area contributed by atoms with Gasteiger partial charge in [0, 0.05) is 24.7 Å². The summed E-state index contributed by atoms with van der Waals surface area (Å²) in [6.07, 6.45) is 1.79. The molecule has 14 heavy (non-hydrogen) atoms. The summed E-state index contributed by atoms with van der Waals surface area (Å²) in [5.74, 6) is 1.52. The summed E-state index contributed by atoms with van der Waals surface area (Å²) in [6.45, 7) is 7.80. The quantitative estimate of drug-likeness (QED) is 0.753. The van der Waals surface area contributed by atoms with Gasteiger partial charge in [-0.05, 0) is 18.9 Å². The van der Waals surface area contributed by atoms with Crippen LogP contribution in [-0.2, 0) is 6.54 Å². The third-order valence-corrected chi connectivity index (χ3v) is 2.41. The molecule has 3 N–H and O–H groups in total. The van der Waals surface area contributed by atoms with Crippen molar-refractivity contribution >= 4 is 0 Å². The maximum absolute atomic E-state index is 5.66. The van der Waals surface area contributed by atoms with Gasteiger partial charge in [-0.2, -0.15) is 0 Å². The molecule has 0 aromatic carbocycles. The number of aryl methyl sites for hydroxylation is 1. The smallest absolute Gasteiger partial charge is 0.101 e. The van der Waals surface area contributed by atoms with Gasteiger partial charge in [0.25, 0.3) is 0 Å². The van der Waals surface area contributed by atoms with E-state index in [1.807, 2.05) is 13.0 Å². The number of nitrogens with one attached hydrogen (secondary N) is 1. The molecule has 0 radical (unpaired) electrons. The van der Waals surface area contributed by atoms with Crippen molar-refractivity contribution in [1.82, 2.24) is 5.32 Å². The SMILES string of the molecule is Cc1cc(CNC(CN)C(C)C)co1. The Balaban J connectivity index is 2.39. The van der Waals surface area contributed by atoms with Crippen LogP contribution in [0.25, 0.3) is 0 Å². The molecule has 1 heterocycles. The Morgan fingerprint density at radius 2 is 2.21 bits per heavy atom. The van der Waals surface area contributed by atoms with Crippen LogP contribution in [0.4, 0.5) is 0 Å². The Kier molecular flexibility index (Phi) is 4.17. The normalized spacial score (nSPS) is 13.5. The number of hydrogen-bond acceptors (Lipinski definition) is 3. The zero-order valence-electron chi connectivity index (χ0n) is 9.21. The Bertz CT molecular complexity index is 268. The molecule has 0 amide bonds. The molecule has 0 aliphatic carbocycles. The summed E-state index contributed by atoms with van der Waals surface area (Å²) in [6, 6.07) is 2.42. The topological polar surface area (TPSA) is 51.2 Å². The maximum Gasteiger partial charge on any atom is 0.101 e. The molecule has 0 saturated carbocycles. The van der Waals surface area contributed by atoms with Crippen molar-refractivity contribution in [2.24, 2.45) is 11.7 Å². The highest BCUT2D eigenvalue weighted by Gasteiger charge is 2.10. The first-order valence-corrected chi connectivity index (χ1v) is 5.11. The molecule has 1 rings (SSSR count). The van der Waals surface area contributed by atoms with Crippen molar-refractivity contribution in [3.8, 4) is 0 Å². The van der Waals surface area contributed by atoms with E-state index >= 15 is 0 Å². The summed E-state index contributed by atoms with van der Waals surface area (Å²) in [4.78, 5) is 0. The molecular formula is C11H20N2O. The van der Waals surface area contributed by atoms with Crippen molar-refractivity contribution < 1.29 is 4.42 Å². The molecule has 3 nitrogen and oxygen atoms in total. The van der Waals surface area contributed by atoms with Crippen molar-refractivity contribution in [3.05, 3.63) is 23.7 Å². The van der Waals surface area contributed by atoms with E-state index in [-0.39, 0.29) is 0 Å². The predicted molar refractivity (Wildman–Crippen MR) is 58.0 cm³/mol. The number of rotatable bonds is 5. The molecular weight excluding hydrogens is 176 g/mol. The summed E-state index contributed by atoms with van der Waals surface area (Å²) in [5, 5.41) is 3.41. The molecule has 3 heteroatoms. The van der Waals surface area contributed by atoms with Crippen LogP contribution in [0.5, 0.6) is 0 Å². The fraction of sp³-hybridized carbons (Fsp3) is 0.636. The molecule has 80 valence electrons. The minimum Gasteiger partial charge on any atom is -0.469 e. The van der Waals surface area contributed by atoms with Crippen LogP contribution in [-0.4, -0.2) is 12.6 Å². The molecule has 1 aromatic rings. The van der Waals surface area contributed by atoms with Crippen LogP contribution in [0, 0.1) is 12.8 Å². The molecule has 0 fully saturated rings. The molecule has 1 aromatic heterocycles. The van der Waals surface area contributed by atoms with Gasteiger partial charge < -0.3 is 15.5 Å². The summed E-state index contributed by atoms with van der Waals surface area (Å²) in [7, 11) is 0.